The van der Waals surface area contributed by atoms with Crippen LogP contribution >= 0.6 is 0 Å². The van der Waals surface area contributed by atoms with Gasteiger partial charge in [-0.25, -0.2) is 0 Å². The van der Waals surface area contributed by atoms with Gasteiger partial charge in [-0.15, -0.1) is 0 Å². The molecular weight excluding hydrogens is 126 g/mol. The van der Waals surface area contributed by atoms with Crippen molar-refractivity contribution in [3.8, 4) is 0 Å². The summed E-state index contributed by atoms with van der Waals surface area (Å²) in [6.45, 7) is 2.18. The maximum absolute atomic E-state index is 10.9. The number of nitrogens with zero attached hydrogens (tertiary/aromatic N) is 1. The Balaban J connectivity index is 2.27. The summed E-state index contributed by atoms with van der Waals surface area (Å²) in [6.07, 6.45) is 3.69. The first kappa shape index (κ1) is 7.73. The van der Waals surface area contributed by atoms with Crippen LogP contribution in [-0.4, -0.2) is 30.8 Å². The minimum Gasteiger partial charge on any atom is -0.306 e. The summed E-state index contributed by atoms with van der Waals surface area (Å²) in [6, 6.07) is 0. The second kappa shape index (κ2) is 3.71. The SMILES string of the molecule is CN1CCCC(=O)CCC1. The molecular formula is C8H15NO. The molecule has 10 heavy (non-hydrogen) atoms. The molecule has 2 nitrogen and oxygen atoms in total. The Bertz CT molecular complexity index is 110. The zero-order chi connectivity index (χ0) is 7.40. The fraction of sp³-hybridized carbons (Fsp3) is 0.875. The van der Waals surface area contributed by atoms with E-state index in [1.54, 1.807) is 0 Å². The molecule has 0 amide bonds. The van der Waals surface area contributed by atoms with Gasteiger partial charge < -0.3 is 4.90 Å². The van der Waals surface area contributed by atoms with Gasteiger partial charge in [0.05, 0.1) is 0 Å². The van der Waals surface area contributed by atoms with Gasteiger partial charge >= 0.3 is 0 Å². The molecule has 0 aromatic heterocycles. The highest BCUT2D eigenvalue weighted by Crippen LogP contribution is 2.05. The van der Waals surface area contributed by atoms with Crippen molar-refractivity contribution >= 4 is 5.78 Å². The van der Waals surface area contributed by atoms with Crippen molar-refractivity contribution < 1.29 is 4.79 Å². The molecule has 0 unspecified atom stereocenters. The summed E-state index contributed by atoms with van der Waals surface area (Å²) >= 11 is 0. The van der Waals surface area contributed by atoms with Crippen molar-refractivity contribution in [2.45, 2.75) is 25.7 Å². The van der Waals surface area contributed by atoms with E-state index in [0.717, 1.165) is 38.8 Å². The van der Waals surface area contributed by atoms with Crippen LogP contribution in [0.3, 0.4) is 0 Å². The lowest BCUT2D eigenvalue weighted by atomic mass is 10.1. The van der Waals surface area contributed by atoms with Gasteiger partial charge in [0.1, 0.15) is 5.78 Å². The van der Waals surface area contributed by atoms with Crippen LogP contribution < -0.4 is 0 Å². The molecule has 1 saturated heterocycles. The second-order valence-electron chi connectivity index (χ2n) is 3.05. The van der Waals surface area contributed by atoms with E-state index in [9.17, 15) is 4.79 Å². The highest BCUT2D eigenvalue weighted by atomic mass is 16.1. The van der Waals surface area contributed by atoms with E-state index in [1.807, 2.05) is 0 Å². The zero-order valence-electron chi connectivity index (χ0n) is 6.60. The van der Waals surface area contributed by atoms with Gasteiger partial charge in [-0.05, 0) is 33.0 Å². The van der Waals surface area contributed by atoms with Crippen LogP contribution in [0.1, 0.15) is 25.7 Å². The number of Topliss-reactive ketones (excluding diaryl/α,β-unsaturated/α-hetero) is 1. The van der Waals surface area contributed by atoms with Gasteiger partial charge in [0.25, 0.3) is 0 Å². The average molecular weight is 141 g/mol. The molecule has 0 atom stereocenters. The third-order valence-corrected chi connectivity index (χ3v) is 1.99. The number of carbonyl (C=O) groups is 1. The zero-order valence-corrected chi connectivity index (χ0v) is 6.60. The van der Waals surface area contributed by atoms with Gasteiger partial charge in [-0.3, -0.25) is 4.79 Å². The van der Waals surface area contributed by atoms with Gasteiger partial charge in [-0.2, -0.15) is 0 Å². The summed E-state index contributed by atoms with van der Waals surface area (Å²) < 4.78 is 0. The van der Waals surface area contributed by atoms with Crippen LogP contribution in [0.5, 0.6) is 0 Å². The standard InChI is InChI=1S/C8H15NO/c1-9-6-2-4-8(10)5-3-7-9/h2-7H2,1H3. The molecule has 0 radical (unpaired) electrons. The second-order valence-corrected chi connectivity index (χ2v) is 3.05. The molecule has 0 saturated carbocycles. The molecule has 1 rings (SSSR count). The van der Waals surface area contributed by atoms with Crippen LogP contribution in [0.25, 0.3) is 0 Å². The van der Waals surface area contributed by atoms with Crippen molar-refractivity contribution in [1.82, 2.24) is 4.90 Å². The summed E-state index contributed by atoms with van der Waals surface area (Å²) in [5, 5.41) is 0. The molecule has 0 bridgehead atoms. The molecule has 0 aliphatic carbocycles. The lowest BCUT2D eigenvalue weighted by Gasteiger charge is -2.18. The first-order valence-electron chi connectivity index (χ1n) is 3.99. The van der Waals surface area contributed by atoms with Crippen molar-refractivity contribution in [2.24, 2.45) is 0 Å². The van der Waals surface area contributed by atoms with E-state index < -0.39 is 0 Å². The van der Waals surface area contributed by atoms with Gasteiger partial charge in [-0.1, -0.05) is 0 Å². The maximum atomic E-state index is 10.9. The largest absolute Gasteiger partial charge is 0.306 e. The quantitative estimate of drug-likeness (QED) is 0.503. The number of hydrogen-bond donors (Lipinski definition) is 0. The van der Waals surface area contributed by atoms with E-state index in [4.69, 9.17) is 0 Å². The van der Waals surface area contributed by atoms with Crippen molar-refractivity contribution in [3.05, 3.63) is 0 Å². The molecule has 1 fully saturated rings. The molecule has 58 valence electrons. The minimum atomic E-state index is 0.452. The molecule has 2 heteroatoms. The number of carbonyl (C=O) groups excluding carboxylic acids is 1. The number of likely N-dealkylation sites (tertiary alicyclic amines) is 1. The Morgan fingerprint density at radius 1 is 1.20 bits per heavy atom. The van der Waals surface area contributed by atoms with E-state index >= 15 is 0 Å². The highest BCUT2D eigenvalue weighted by molar-refractivity contribution is 5.78. The normalized spacial score (nSPS) is 23.9. The molecule has 0 aromatic rings. The Morgan fingerprint density at radius 2 is 1.70 bits per heavy atom. The van der Waals surface area contributed by atoms with Crippen molar-refractivity contribution in [2.75, 3.05) is 20.1 Å². The minimum absolute atomic E-state index is 0.452. The Hall–Kier alpha value is -0.370. The third-order valence-electron chi connectivity index (χ3n) is 1.99. The molecule has 0 spiro atoms. The molecule has 1 aliphatic rings. The number of ketones is 1. The number of rotatable bonds is 0. The van der Waals surface area contributed by atoms with Gasteiger partial charge in [0, 0.05) is 12.8 Å². The topological polar surface area (TPSA) is 20.3 Å². The van der Waals surface area contributed by atoms with E-state index in [1.165, 1.54) is 0 Å². The highest BCUT2D eigenvalue weighted by Gasteiger charge is 2.07. The smallest absolute Gasteiger partial charge is 0.133 e. The summed E-state index contributed by atoms with van der Waals surface area (Å²) in [7, 11) is 2.12. The molecule has 1 heterocycles. The maximum Gasteiger partial charge on any atom is 0.133 e. The Kier molecular flexibility index (Phi) is 2.87. The summed E-state index contributed by atoms with van der Waals surface area (Å²) in [5.74, 6) is 0.452. The predicted octanol–water partition coefficient (Wildman–Crippen LogP) is 1.06. The van der Waals surface area contributed by atoms with E-state index in [2.05, 4.69) is 11.9 Å². The Labute approximate surface area is 62.2 Å². The van der Waals surface area contributed by atoms with Crippen LogP contribution in [0.2, 0.25) is 0 Å². The van der Waals surface area contributed by atoms with Crippen LogP contribution in [0.15, 0.2) is 0 Å². The van der Waals surface area contributed by atoms with E-state index in [0.29, 0.717) is 5.78 Å². The van der Waals surface area contributed by atoms with Crippen LogP contribution in [0, 0.1) is 0 Å². The lowest BCUT2D eigenvalue weighted by molar-refractivity contribution is -0.119. The lowest BCUT2D eigenvalue weighted by Crippen LogP contribution is -2.24. The van der Waals surface area contributed by atoms with Crippen molar-refractivity contribution in [1.29, 1.82) is 0 Å². The molecule has 0 N–H and O–H groups in total. The van der Waals surface area contributed by atoms with Crippen LogP contribution in [0.4, 0.5) is 0 Å². The third kappa shape index (κ3) is 2.48. The summed E-state index contributed by atoms with van der Waals surface area (Å²) in [5.41, 5.74) is 0. The fourth-order valence-corrected chi connectivity index (χ4v) is 1.33. The van der Waals surface area contributed by atoms with Crippen LogP contribution in [-0.2, 0) is 4.79 Å². The fourth-order valence-electron chi connectivity index (χ4n) is 1.33. The summed E-state index contributed by atoms with van der Waals surface area (Å²) in [4.78, 5) is 13.2. The number of hydrogen-bond acceptors (Lipinski definition) is 2. The first-order valence-corrected chi connectivity index (χ1v) is 3.99. The first-order chi connectivity index (χ1) is 4.79. The van der Waals surface area contributed by atoms with Gasteiger partial charge in [0.2, 0.25) is 0 Å². The van der Waals surface area contributed by atoms with Crippen molar-refractivity contribution in [3.63, 3.8) is 0 Å². The predicted molar refractivity (Wildman–Crippen MR) is 41.0 cm³/mol. The van der Waals surface area contributed by atoms with E-state index in [-0.39, 0.29) is 0 Å². The molecule has 1 aliphatic heterocycles. The molecule has 0 aromatic carbocycles. The van der Waals surface area contributed by atoms with Gasteiger partial charge in [0.15, 0.2) is 0 Å². The average Bonchev–Trinajstić information content (AvgIpc) is 1.84. The monoisotopic (exact) mass is 141 g/mol. The Morgan fingerprint density at radius 3 is 2.20 bits per heavy atom.